The molecule has 0 radical (unpaired) electrons. The summed E-state index contributed by atoms with van der Waals surface area (Å²) in [6.45, 7) is 8.11. The average Bonchev–Trinajstić information content (AvgIpc) is 3.45. The molecule has 0 spiro atoms. The Hall–Kier alpha value is -3.02. The second-order valence-electron chi connectivity index (χ2n) is 7.24. The summed E-state index contributed by atoms with van der Waals surface area (Å²) in [6, 6.07) is 6.82. The maximum Gasteiger partial charge on any atom is 0.324 e. The second-order valence-corrected chi connectivity index (χ2v) is 9.35. The van der Waals surface area contributed by atoms with Crippen molar-refractivity contribution in [3.05, 3.63) is 45.3 Å². The van der Waals surface area contributed by atoms with Crippen molar-refractivity contribution in [2.75, 3.05) is 44.3 Å². The van der Waals surface area contributed by atoms with Crippen LogP contribution < -0.4 is 14.4 Å². The number of thiophene rings is 1. The van der Waals surface area contributed by atoms with Crippen LogP contribution in [0.1, 0.15) is 18.7 Å². The van der Waals surface area contributed by atoms with E-state index in [4.69, 9.17) is 14.5 Å². The van der Waals surface area contributed by atoms with Crippen LogP contribution in [0.3, 0.4) is 0 Å². The lowest BCUT2D eigenvalue weighted by Crippen LogP contribution is -2.38. The van der Waals surface area contributed by atoms with Crippen LogP contribution in [-0.2, 0) is 4.79 Å². The van der Waals surface area contributed by atoms with E-state index in [0.29, 0.717) is 47.8 Å². The average molecular weight is 489 g/mol. The molecule has 0 fully saturated rings. The van der Waals surface area contributed by atoms with E-state index in [9.17, 15) is 14.9 Å². The third-order valence-corrected chi connectivity index (χ3v) is 7.30. The summed E-state index contributed by atoms with van der Waals surface area (Å²) >= 11 is 2.45. The fourth-order valence-corrected chi connectivity index (χ4v) is 5.15. The van der Waals surface area contributed by atoms with Gasteiger partial charge in [-0.25, -0.2) is 4.98 Å². The fraction of sp³-hybridized carbons (Fsp3) is 0.364. The van der Waals surface area contributed by atoms with E-state index in [0.717, 1.165) is 34.6 Å². The number of nitrogens with zero attached hydrogens (tertiary/aromatic N) is 4. The van der Waals surface area contributed by atoms with Crippen LogP contribution >= 0.6 is 22.7 Å². The Labute approximate surface area is 199 Å². The van der Waals surface area contributed by atoms with Gasteiger partial charge in [0.1, 0.15) is 13.2 Å². The molecule has 11 heteroatoms. The van der Waals surface area contributed by atoms with Gasteiger partial charge < -0.3 is 14.4 Å². The Kier molecular flexibility index (Phi) is 7.21. The summed E-state index contributed by atoms with van der Waals surface area (Å²) < 4.78 is 12.2. The zero-order chi connectivity index (χ0) is 23.4. The molecular formula is C22H24N4O5S2. The number of amides is 1. The molecule has 1 aromatic carbocycles. The largest absolute Gasteiger partial charge is 0.486 e. The van der Waals surface area contributed by atoms with Gasteiger partial charge in [-0.3, -0.25) is 19.8 Å². The minimum Gasteiger partial charge on any atom is -0.486 e. The van der Waals surface area contributed by atoms with Gasteiger partial charge in [-0.2, -0.15) is 0 Å². The lowest BCUT2D eigenvalue weighted by Gasteiger charge is -2.23. The number of carbonyl (C=O) groups is 1. The van der Waals surface area contributed by atoms with E-state index >= 15 is 0 Å². The summed E-state index contributed by atoms with van der Waals surface area (Å²) in [5.41, 5.74) is 0.748. The van der Waals surface area contributed by atoms with Crippen LogP contribution in [0.5, 0.6) is 11.5 Å². The second kappa shape index (κ2) is 10.3. The molecule has 3 aromatic rings. The van der Waals surface area contributed by atoms with Crippen molar-refractivity contribution in [3.8, 4) is 11.5 Å². The van der Waals surface area contributed by atoms with Crippen LogP contribution in [0, 0.1) is 10.1 Å². The number of hydrogen-bond acceptors (Lipinski definition) is 9. The molecule has 0 saturated heterocycles. The van der Waals surface area contributed by atoms with Gasteiger partial charge in [-0.1, -0.05) is 36.5 Å². The topological polar surface area (TPSA) is 98.0 Å². The van der Waals surface area contributed by atoms with Gasteiger partial charge in [0.15, 0.2) is 16.6 Å². The standard InChI is InChI=1S/C22H24N4O5S2/c1-3-24(4-2)9-10-25(20(27)7-5-15-6-8-21(32-15)26(28)29)22-23-16-13-17-18(14-19(16)33-22)31-12-11-30-17/h5-8,13-14H,3-4,9-12H2,1-2H3/b7-5+. The molecule has 2 aromatic heterocycles. The minimum absolute atomic E-state index is 0.0417. The van der Waals surface area contributed by atoms with E-state index in [-0.39, 0.29) is 10.9 Å². The first-order valence-corrected chi connectivity index (χ1v) is 12.3. The number of hydrogen-bond donors (Lipinski definition) is 0. The number of fused-ring (bicyclic) bond motifs is 2. The van der Waals surface area contributed by atoms with Gasteiger partial charge >= 0.3 is 5.00 Å². The Morgan fingerprint density at radius 2 is 1.88 bits per heavy atom. The van der Waals surface area contributed by atoms with Gasteiger partial charge in [0.05, 0.1) is 15.1 Å². The molecule has 1 aliphatic rings. The molecule has 0 unspecified atom stereocenters. The van der Waals surface area contributed by atoms with Crippen LogP contribution in [0.4, 0.5) is 10.1 Å². The summed E-state index contributed by atoms with van der Waals surface area (Å²) in [6.07, 6.45) is 3.05. The maximum absolute atomic E-state index is 13.2. The summed E-state index contributed by atoms with van der Waals surface area (Å²) in [7, 11) is 0. The first-order valence-electron chi connectivity index (χ1n) is 10.6. The molecule has 0 N–H and O–H groups in total. The molecule has 174 valence electrons. The molecule has 4 rings (SSSR count). The quantitative estimate of drug-likeness (QED) is 0.250. The molecule has 0 aliphatic carbocycles. The predicted molar refractivity (Wildman–Crippen MR) is 131 cm³/mol. The Bertz CT molecular complexity index is 1140. The number of carbonyl (C=O) groups excluding carboxylic acids is 1. The lowest BCUT2D eigenvalue weighted by atomic mass is 10.3. The van der Waals surface area contributed by atoms with Crippen molar-refractivity contribution in [1.82, 2.24) is 9.88 Å². The van der Waals surface area contributed by atoms with Crippen LogP contribution in [0.2, 0.25) is 0 Å². The maximum atomic E-state index is 13.2. The Balaban J connectivity index is 1.61. The number of rotatable bonds is 9. The van der Waals surface area contributed by atoms with Crippen LogP contribution in [-0.4, -0.2) is 60.1 Å². The zero-order valence-corrected chi connectivity index (χ0v) is 20.0. The van der Waals surface area contributed by atoms with Gasteiger partial charge in [0, 0.05) is 42.2 Å². The van der Waals surface area contributed by atoms with Crippen molar-refractivity contribution in [1.29, 1.82) is 0 Å². The molecule has 0 atom stereocenters. The van der Waals surface area contributed by atoms with Crippen molar-refractivity contribution in [2.45, 2.75) is 13.8 Å². The summed E-state index contributed by atoms with van der Waals surface area (Å²) in [5, 5.41) is 11.6. The van der Waals surface area contributed by atoms with Gasteiger partial charge in [-0.05, 0) is 25.2 Å². The summed E-state index contributed by atoms with van der Waals surface area (Å²) in [4.78, 5) is 32.9. The first-order chi connectivity index (χ1) is 16.0. The van der Waals surface area contributed by atoms with E-state index in [1.165, 1.54) is 23.5 Å². The fourth-order valence-electron chi connectivity index (χ4n) is 3.42. The third-order valence-electron chi connectivity index (χ3n) is 5.26. The van der Waals surface area contributed by atoms with Crippen LogP contribution in [0.25, 0.3) is 16.3 Å². The lowest BCUT2D eigenvalue weighted by molar-refractivity contribution is -0.380. The predicted octanol–water partition coefficient (Wildman–Crippen LogP) is 4.43. The number of benzene rings is 1. The molecule has 0 bridgehead atoms. The minimum atomic E-state index is -0.436. The van der Waals surface area contributed by atoms with E-state index in [1.807, 2.05) is 12.1 Å². The third kappa shape index (κ3) is 5.32. The molecular weight excluding hydrogens is 464 g/mol. The molecule has 33 heavy (non-hydrogen) atoms. The highest BCUT2D eigenvalue weighted by molar-refractivity contribution is 7.22. The number of likely N-dealkylation sites (N-methyl/N-ethyl adjacent to an activating group) is 1. The van der Waals surface area contributed by atoms with Crippen LogP contribution in [0.15, 0.2) is 30.3 Å². The van der Waals surface area contributed by atoms with Gasteiger partial charge in [0.25, 0.3) is 5.91 Å². The number of thiazole rings is 1. The number of anilines is 1. The highest BCUT2D eigenvalue weighted by Crippen LogP contribution is 2.39. The number of ether oxygens (including phenoxy) is 2. The van der Waals surface area contributed by atoms with E-state index in [2.05, 4.69) is 18.7 Å². The van der Waals surface area contributed by atoms with Crippen molar-refractivity contribution >= 4 is 55.0 Å². The van der Waals surface area contributed by atoms with Gasteiger partial charge in [0.2, 0.25) is 0 Å². The molecule has 0 saturated carbocycles. The van der Waals surface area contributed by atoms with Crippen molar-refractivity contribution in [2.24, 2.45) is 0 Å². The van der Waals surface area contributed by atoms with Gasteiger partial charge in [-0.15, -0.1) is 0 Å². The molecule has 3 heterocycles. The smallest absolute Gasteiger partial charge is 0.324 e. The SMILES string of the molecule is CCN(CC)CCN(C(=O)/C=C/c1ccc([N+](=O)[O-])s1)c1nc2cc3c(cc2s1)OCCO3. The van der Waals surface area contributed by atoms with Crippen molar-refractivity contribution in [3.63, 3.8) is 0 Å². The van der Waals surface area contributed by atoms with E-state index < -0.39 is 4.92 Å². The normalized spacial score (nSPS) is 13.2. The van der Waals surface area contributed by atoms with Crippen molar-refractivity contribution < 1.29 is 19.2 Å². The Morgan fingerprint density at radius 1 is 1.15 bits per heavy atom. The first kappa shape index (κ1) is 23.1. The summed E-state index contributed by atoms with van der Waals surface area (Å²) in [5.74, 6) is 1.12. The highest BCUT2D eigenvalue weighted by Gasteiger charge is 2.21. The molecule has 1 amide bonds. The highest BCUT2D eigenvalue weighted by atomic mass is 32.1. The number of aromatic nitrogens is 1. The Morgan fingerprint density at radius 3 is 2.55 bits per heavy atom. The monoisotopic (exact) mass is 488 g/mol. The molecule has 9 nitrogen and oxygen atoms in total. The number of nitro groups is 1. The molecule has 1 aliphatic heterocycles. The van der Waals surface area contributed by atoms with E-state index in [1.54, 1.807) is 17.0 Å². The zero-order valence-electron chi connectivity index (χ0n) is 18.4.